The van der Waals surface area contributed by atoms with E-state index in [9.17, 15) is 10.2 Å². The van der Waals surface area contributed by atoms with Gasteiger partial charge in [-0.3, -0.25) is 0 Å². The van der Waals surface area contributed by atoms with Crippen molar-refractivity contribution in [1.29, 1.82) is 0 Å². The van der Waals surface area contributed by atoms with Crippen LogP contribution < -0.4 is 9.20 Å². The van der Waals surface area contributed by atoms with E-state index in [1.165, 1.54) is 4.46 Å². The molecule has 2 N–H and O–H groups in total. The summed E-state index contributed by atoms with van der Waals surface area (Å²) in [6, 6.07) is 17.6. The molecule has 3 rings (SSSR count). The van der Waals surface area contributed by atoms with Crippen LogP contribution in [0.1, 0.15) is 25.0 Å². The molecule has 0 saturated carbocycles. The fourth-order valence-electron chi connectivity index (χ4n) is 2.45. The second kappa shape index (κ2) is 6.67. The van der Waals surface area contributed by atoms with Gasteiger partial charge in [-0.05, 0) is 0 Å². The Kier molecular flexibility index (Phi) is 4.65. The number of aliphatic hydroxyl groups is 2. The standard InChI is InChI=1S/C18H18O3Se/c1-12(19)18(22-13-7-3-2-4-8-13)17-11-15(20)14-9-5-6-10-16(14)21-17/h2-10,12,15,19-20H,11H2,1H3/b18-17+/t12-,15?/m1/s1. The van der Waals surface area contributed by atoms with Crippen LogP contribution in [0.5, 0.6) is 5.75 Å². The van der Waals surface area contributed by atoms with E-state index >= 15 is 0 Å². The molecule has 2 aromatic carbocycles. The summed E-state index contributed by atoms with van der Waals surface area (Å²) in [5.41, 5.74) is 0.809. The van der Waals surface area contributed by atoms with Gasteiger partial charge >= 0.3 is 136 Å². The molecule has 0 aromatic heterocycles. The second-order valence-electron chi connectivity index (χ2n) is 5.24. The van der Waals surface area contributed by atoms with Crippen LogP contribution in [0.4, 0.5) is 0 Å². The maximum absolute atomic E-state index is 10.3. The number of hydrogen-bond acceptors (Lipinski definition) is 3. The van der Waals surface area contributed by atoms with E-state index in [4.69, 9.17) is 4.74 Å². The topological polar surface area (TPSA) is 49.7 Å². The molecule has 2 aromatic rings. The van der Waals surface area contributed by atoms with Gasteiger partial charge in [-0.25, -0.2) is 0 Å². The zero-order valence-corrected chi connectivity index (χ0v) is 14.0. The molecule has 0 aliphatic carbocycles. The second-order valence-corrected chi connectivity index (χ2v) is 7.58. The number of rotatable bonds is 3. The predicted molar refractivity (Wildman–Crippen MR) is 87.2 cm³/mol. The molecule has 3 nitrogen and oxygen atoms in total. The minimum atomic E-state index is -0.590. The Balaban J connectivity index is 1.95. The minimum absolute atomic E-state index is 0.0310. The van der Waals surface area contributed by atoms with Gasteiger partial charge in [0.2, 0.25) is 0 Å². The van der Waals surface area contributed by atoms with Crippen LogP contribution >= 0.6 is 0 Å². The van der Waals surface area contributed by atoms with E-state index in [1.807, 2.05) is 42.5 Å². The van der Waals surface area contributed by atoms with E-state index in [0.29, 0.717) is 17.9 Å². The van der Waals surface area contributed by atoms with Crippen LogP contribution in [-0.2, 0) is 0 Å². The third kappa shape index (κ3) is 3.26. The van der Waals surface area contributed by atoms with Gasteiger partial charge in [0.25, 0.3) is 0 Å². The molecule has 1 unspecified atom stereocenters. The number of aliphatic hydroxyl groups excluding tert-OH is 2. The van der Waals surface area contributed by atoms with Gasteiger partial charge in [-0.1, -0.05) is 0 Å². The number of fused-ring (bicyclic) bond motifs is 1. The summed E-state index contributed by atoms with van der Waals surface area (Å²) >= 11 is -0.0310. The SMILES string of the molecule is C[C@@H](O)/C([Se]c1ccccc1)=C1/CC(O)c2ccccc2O1. The molecule has 0 saturated heterocycles. The number of hydrogen-bond donors (Lipinski definition) is 2. The van der Waals surface area contributed by atoms with Gasteiger partial charge < -0.3 is 0 Å². The van der Waals surface area contributed by atoms with Crippen LogP contribution in [0.15, 0.2) is 64.8 Å². The first kappa shape index (κ1) is 15.3. The normalized spacial score (nSPS) is 20.8. The molecule has 22 heavy (non-hydrogen) atoms. The molecule has 0 amide bonds. The summed E-state index contributed by atoms with van der Waals surface area (Å²) < 4.78 is 8.03. The molecule has 0 fully saturated rings. The van der Waals surface area contributed by atoms with Crippen molar-refractivity contribution in [2.24, 2.45) is 0 Å². The van der Waals surface area contributed by atoms with Crippen molar-refractivity contribution in [3.8, 4) is 5.75 Å². The van der Waals surface area contributed by atoms with Crippen molar-refractivity contribution in [3.63, 3.8) is 0 Å². The van der Waals surface area contributed by atoms with Gasteiger partial charge in [-0.2, -0.15) is 0 Å². The van der Waals surface area contributed by atoms with E-state index in [2.05, 4.69) is 12.1 Å². The van der Waals surface area contributed by atoms with Gasteiger partial charge in [-0.15, -0.1) is 0 Å². The average Bonchev–Trinajstić information content (AvgIpc) is 2.53. The molecule has 1 aliphatic heterocycles. The van der Waals surface area contributed by atoms with Crippen molar-refractivity contribution in [2.45, 2.75) is 25.6 Å². The predicted octanol–water partition coefficient (Wildman–Crippen LogP) is 2.12. The third-order valence-electron chi connectivity index (χ3n) is 3.52. The Morgan fingerprint density at radius 3 is 2.55 bits per heavy atom. The third-order valence-corrected chi connectivity index (χ3v) is 6.24. The number of ether oxygens (including phenoxy) is 1. The zero-order valence-electron chi connectivity index (χ0n) is 12.3. The molecule has 1 aliphatic rings. The van der Waals surface area contributed by atoms with Crippen molar-refractivity contribution in [3.05, 3.63) is 70.4 Å². The van der Waals surface area contributed by atoms with Crippen molar-refractivity contribution in [1.82, 2.24) is 0 Å². The Hall–Kier alpha value is -1.58. The quantitative estimate of drug-likeness (QED) is 0.824. The van der Waals surface area contributed by atoms with E-state index < -0.39 is 12.2 Å². The number of benzene rings is 2. The molecule has 0 bridgehead atoms. The molecule has 2 atom stereocenters. The molecular weight excluding hydrogens is 343 g/mol. The summed E-state index contributed by atoms with van der Waals surface area (Å²) in [6.45, 7) is 1.75. The van der Waals surface area contributed by atoms with Crippen molar-refractivity contribution < 1.29 is 14.9 Å². The van der Waals surface area contributed by atoms with Gasteiger partial charge in [0.05, 0.1) is 0 Å². The first-order chi connectivity index (χ1) is 10.6. The Morgan fingerprint density at radius 2 is 1.82 bits per heavy atom. The Labute approximate surface area is 136 Å². The van der Waals surface area contributed by atoms with Crippen molar-refractivity contribution >= 4 is 19.4 Å². The summed E-state index contributed by atoms with van der Waals surface area (Å²) in [5.74, 6) is 1.38. The molecule has 0 radical (unpaired) electrons. The van der Waals surface area contributed by atoms with E-state index in [-0.39, 0.29) is 15.0 Å². The fraction of sp³-hybridized carbons (Fsp3) is 0.222. The van der Waals surface area contributed by atoms with Gasteiger partial charge in [0, 0.05) is 0 Å². The molecule has 0 spiro atoms. The van der Waals surface area contributed by atoms with Crippen molar-refractivity contribution in [2.75, 3.05) is 0 Å². The molecule has 4 heteroatoms. The summed E-state index contributed by atoms with van der Waals surface area (Å²) in [5, 5.41) is 20.5. The van der Waals surface area contributed by atoms with Crippen LogP contribution in [0.2, 0.25) is 0 Å². The van der Waals surface area contributed by atoms with Crippen LogP contribution in [0.3, 0.4) is 0 Å². The van der Waals surface area contributed by atoms with Gasteiger partial charge in [0.1, 0.15) is 0 Å². The summed E-state index contributed by atoms with van der Waals surface area (Å²) in [6.07, 6.45) is -0.765. The average molecular weight is 361 g/mol. The monoisotopic (exact) mass is 362 g/mol. The summed E-state index contributed by atoms with van der Waals surface area (Å²) in [7, 11) is 0. The number of para-hydroxylation sites is 1. The first-order valence-electron chi connectivity index (χ1n) is 7.24. The first-order valence-corrected chi connectivity index (χ1v) is 8.95. The van der Waals surface area contributed by atoms with Crippen LogP contribution in [0, 0.1) is 0 Å². The Bertz CT molecular complexity index is 680. The maximum atomic E-state index is 10.3. The fourth-order valence-corrected chi connectivity index (χ4v) is 4.46. The van der Waals surface area contributed by atoms with Crippen LogP contribution in [-0.4, -0.2) is 31.3 Å². The molecule has 1 heterocycles. The van der Waals surface area contributed by atoms with Crippen LogP contribution in [0.25, 0.3) is 0 Å². The Morgan fingerprint density at radius 1 is 1.14 bits per heavy atom. The molecular formula is C18H18O3Se. The van der Waals surface area contributed by atoms with E-state index in [1.54, 1.807) is 6.92 Å². The zero-order chi connectivity index (χ0) is 15.5. The van der Waals surface area contributed by atoms with Gasteiger partial charge in [0.15, 0.2) is 0 Å². The van der Waals surface area contributed by atoms with E-state index in [0.717, 1.165) is 10.0 Å². The summed E-state index contributed by atoms with van der Waals surface area (Å²) in [4.78, 5) is 0. The molecule has 114 valence electrons.